The van der Waals surface area contributed by atoms with Crippen molar-refractivity contribution in [1.82, 2.24) is 5.32 Å². The minimum atomic E-state index is 0.0808. The number of hydrogen-bond donors (Lipinski definition) is 1. The molecule has 1 heterocycles. The van der Waals surface area contributed by atoms with E-state index >= 15 is 0 Å². The van der Waals surface area contributed by atoms with Crippen LogP contribution in [0.5, 0.6) is 0 Å². The van der Waals surface area contributed by atoms with Crippen LogP contribution in [0.2, 0.25) is 0 Å². The van der Waals surface area contributed by atoms with Crippen LogP contribution in [0.1, 0.15) is 25.3 Å². The molecule has 0 radical (unpaired) electrons. The van der Waals surface area contributed by atoms with E-state index in [0.717, 1.165) is 19.4 Å². The number of amides is 1. The Morgan fingerprint density at radius 2 is 2.07 bits per heavy atom. The van der Waals surface area contributed by atoms with Gasteiger partial charge in [0.05, 0.1) is 0 Å². The second kappa shape index (κ2) is 6.17. The highest BCUT2D eigenvalue weighted by Crippen LogP contribution is 1.89. The molecule has 0 fully saturated rings. The molecular weight excluding hydrogens is 188 g/mol. The van der Waals surface area contributed by atoms with Crippen LogP contribution in [0.25, 0.3) is 0 Å². The van der Waals surface area contributed by atoms with Gasteiger partial charge in [-0.2, -0.15) is 4.57 Å². The predicted octanol–water partition coefficient (Wildman–Crippen LogP) is 1.20. The number of carbonyl (C=O) groups excluding carboxylic acids is 1. The fourth-order valence-corrected chi connectivity index (χ4v) is 1.26. The monoisotopic (exact) mass is 207 g/mol. The smallest absolute Gasteiger partial charge is 0.285 e. The van der Waals surface area contributed by atoms with Gasteiger partial charge in [0.25, 0.3) is 5.91 Å². The summed E-state index contributed by atoms with van der Waals surface area (Å²) >= 11 is 0. The first-order chi connectivity index (χ1) is 7.22. The third-order valence-corrected chi connectivity index (χ3v) is 2.24. The highest BCUT2D eigenvalue weighted by molar-refractivity contribution is 5.74. The summed E-state index contributed by atoms with van der Waals surface area (Å²) in [6.07, 6.45) is 6.01. The number of aryl methyl sites for hydroxylation is 1. The van der Waals surface area contributed by atoms with E-state index in [1.165, 1.54) is 5.56 Å². The molecule has 1 aromatic heterocycles. The average molecular weight is 207 g/mol. The van der Waals surface area contributed by atoms with Gasteiger partial charge >= 0.3 is 0 Å². The zero-order chi connectivity index (χ0) is 11.1. The van der Waals surface area contributed by atoms with Crippen LogP contribution in [-0.2, 0) is 11.3 Å². The van der Waals surface area contributed by atoms with Crippen molar-refractivity contribution in [3.8, 4) is 0 Å². The number of unbranched alkanes of at least 4 members (excludes halogenated alkanes) is 1. The standard InChI is InChI=1S/C12H18N2O/c1-3-4-7-13-12(15)10-14-8-5-11(2)6-9-14/h5-6,8-9H,3-4,7,10H2,1-2H3/p+1. The summed E-state index contributed by atoms with van der Waals surface area (Å²) < 4.78 is 1.88. The van der Waals surface area contributed by atoms with Gasteiger partial charge in [0, 0.05) is 18.7 Å². The Kier molecular flexibility index (Phi) is 4.81. The van der Waals surface area contributed by atoms with Crippen molar-refractivity contribution in [2.45, 2.75) is 33.2 Å². The maximum Gasteiger partial charge on any atom is 0.285 e. The van der Waals surface area contributed by atoms with Gasteiger partial charge in [0.2, 0.25) is 6.54 Å². The lowest BCUT2D eigenvalue weighted by Crippen LogP contribution is -2.42. The number of nitrogens with zero attached hydrogens (tertiary/aromatic N) is 1. The topological polar surface area (TPSA) is 33.0 Å². The Balaban J connectivity index is 2.34. The highest BCUT2D eigenvalue weighted by Gasteiger charge is 2.07. The first-order valence-electron chi connectivity index (χ1n) is 5.44. The molecule has 0 aromatic carbocycles. The van der Waals surface area contributed by atoms with Crippen molar-refractivity contribution < 1.29 is 9.36 Å². The molecule has 0 bridgehead atoms. The van der Waals surface area contributed by atoms with E-state index in [1.807, 2.05) is 36.0 Å². The highest BCUT2D eigenvalue weighted by atomic mass is 16.1. The largest absolute Gasteiger partial charge is 0.351 e. The van der Waals surface area contributed by atoms with Crippen LogP contribution >= 0.6 is 0 Å². The van der Waals surface area contributed by atoms with E-state index in [4.69, 9.17) is 0 Å². The Labute approximate surface area is 91.1 Å². The van der Waals surface area contributed by atoms with Crippen molar-refractivity contribution >= 4 is 5.91 Å². The van der Waals surface area contributed by atoms with Gasteiger partial charge in [0.15, 0.2) is 12.4 Å². The zero-order valence-corrected chi connectivity index (χ0v) is 9.49. The molecule has 1 aromatic rings. The second-order valence-corrected chi connectivity index (χ2v) is 3.75. The van der Waals surface area contributed by atoms with E-state index < -0.39 is 0 Å². The van der Waals surface area contributed by atoms with Crippen LogP contribution in [0, 0.1) is 6.92 Å². The van der Waals surface area contributed by atoms with Gasteiger partial charge in [-0.3, -0.25) is 4.79 Å². The molecule has 0 saturated heterocycles. The minimum Gasteiger partial charge on any atom is -0.351 e. The molecule has 15 heavy (non-hydrogen) atoms. The third kappa shape index (κ3) is 4.58. The summed E-state index contributed by atoms with van der Waals surface area (Å²) in [5, 5.41) is 2.89. The van der Waals surface area contributed by atoms with E-state index in [0.29, 0.717) is 6.54 Å². The molecule has 0 aliphatic rings. The molecule has 0 spiro atoms. The molecule has 1 rings (SSSR count). The molecule has 1 N–H and O–H groups in total. The summed E-state index contributed by atoms with van der Waals surface area (Å²) in [7, 11) is 0. The van der Waals surface area contributed by atoms with Crippen LogP contribution in [-0.4, -0.2) is 12.5 Å². The Morgan fingerprint density at radius 3 is 2.67 bits per heavy atom. The summed E-state index contributed by atoms with van der Waals surface area (Å²) in [6.45, 7) is 5.33. The molecule has 3 nitrogen and oxygen atoms in total. The summed E-state index contributed by atoms with van der Waals surface area (Å²) in [5.41, 5.74) is 1.21. The van der Waals surface area contributed by atoms with Gasteiger partial charge in [-0.1, -0.05) is 13.3 Å². The number of nitrogens with one attached hydrogen (secondary N) is 1. The van der Waals surface area contributed by atoms with Gasteiger partial charge < -0.3 is 5.32 Å². The molecule has 0 unspecified atom stereocenters. The predicted molar refractivity (Wildman–Crippen MR) is 59.3 cm³/mol. The second-order valence-electron chi connectivity index (χ2n) is 3.75. The maximum atomic E-state index is 11.4. The summed E-state index contributed by atoms with van der Waals surface area (Å²) in [6, 6.07) is 4.00. The number of pyridine rings is 1. The summed E-state index contributed by atoms with van der Waals surface area (Å²) in [4.78, 5) is 11.4. The molecule has 82 valence electrons. The molecule has 0 aliphatic carbocycles. The lowest BCUT2D eigenvalue weighted by atomic mass is 10.3. The molecule has 3 heteroatoms. The third-order valence-electron chi connectivity index (χ3n) is 2.24. The van der Waals surface area contributed by atoms with E-state index in [2.05, 4.69) is 12.2 Å². The molecule has 0 saturated carbocycles. The first kappa shape index (κ1) is 11.7. The van der Waals surface area contributed by atoms with Gasteiger partial charge in [-0.15, -0.1) is 0 Å². The van der Waals surface area contributed by atoms with Crippen molar-refractivity contribution in [1.29, 1.82) is 0 Å². The normalized spacial score (nSPS) is 10.0. The van der Waals surface area contributed by atoms with Crippen LogP contribution < -0.4 is 9.88 Å². The number of aromatic nitrogens is 1. The van der Waals surface area contributed by atoms with Crippen molar-refractivity contribution in [2.24, 2.45) is 0 Å². The first-order valence-corrected chi connectivity index (χ1v) is 5.44. The van der Waals surface area contributed by atoms with E-state index in [1.54, 1.807) is 0 Å². The molecule has 1 amide bonds. The lowest BCUT2D eigenvalue weighted by Gasteiger charge is -2.01. The maximum absolute atomic E-state index is 11.4. The Hall–Kier alpha value is -1.38. The number of hydrogen-bond acceptors (Lipinski definition) is 1. The van der Waals surface area contributed by atoms with Gasteiger partial charge in [-0.25, -0.2) is 0 Å². The fourth-order valence-electron chi connectivity index (χ4n) is 1.26. The molecule has 0 aliphatic heterocycles. The Bertz CT molecular complexity index is 306. The average Bonchev–Trinajstić information content (AvgIpc) is 2.22. The Morgan fingerprint density at radius 1 is 1.40 bits per heavy atom. The van der Waals surface area contributed by atoms with Crippen LogP contribution in [0.15, 0.2) is 24.5 Å². The zero-order valence-electron chi connectivity index (χ0n) is 9.49. The van der Waals surface area contributed by atoms with Gasteiger partial charge in [0.1, 0.15) is 0 Å². The SMILES string of the molecule is CCCCNC(=O)C[n+]1ccc(C)cc1. The van der Waals surface area contributed by atoms with Crippen molar-refractivity contribution in [2.75, 3.05) is 6.54 Å². The van der Waals surface area contributed by atoms with Crippen LogP contribution in [0.3, 0.4) is 0 Å². The van der Waals surface area contributed by atoms with Gasteiger partial charge in [-0.05, 0) is 18.9 Å². The molecular formula is C12H19N2O+. The number of carbonyl (C=O) groups is 1. The van der Waals surface area contributed by atoms with Crippen molar-refractivity contribution in [3.63, 3.8) is 0 Å². The van der Waals surface area contributed by atoms with Crippen molar-refractivity contribution in [3.05, 3.63) is 30.1 Å². The van der Waals surface area contributed by atoms with E-state index in [-0.39, 0.29) is 5.91 Å². The summed E-state index contributed by atoms with van der Waals surface area (Å²) in [5.74, 6) is 0.0808. The number of rotatable bonds is 5. The molecule has 0 atom stereocenters. The quantitative estimate of drug-likeness (QED) is 0.571. The fraction of sp³-hybridized carbons (Fsp3) is 0.500. The minimum absolute atomic E-state index is 0.0808. The van der Waals surface area contributed by atoms with E-state index in [9.17, 15) is 4.79 Å². The lowest BCUT2D eigenvalue weighted by molar-refractivity contribution is -0.684. The van der Waals surface area contributed by atoms with Crippen LogP contribution in [0.4, 0.5) is 0 Å².